The minimum Gasteiger partial charge on any atom is -0.481 e. The van der Waals surface area contributed by atoms with E-state index in [1.807, 2.05) is 0 Å². The lowest BCUT2D eigenvalue weighted by Crippen LogP contribution is -2.11. The highest BCUT2D eigenvalue weighted by Crippen LogP contribution is 2.52. The van der Waals surface area contributed by atoms with Crippen molar-refractivity contribution in [1.82, 2.24) is 0 Å². The minimum atomic E-state index is -0.821. The van der Waals surface area contributed by atoms with Gasteiger partial charge in [-0.05, 0) is 30.4 Å². The number of carboxylic acids is 1. The van der Waals surface area contributed by atoms with Crippen molar-refractivity contribution in [1.29, 1.82) is 0 Å². The van der Waals surface area contributed by atoms with Gasteiger partial charge in [-0.1, -0.05) is 11.6 Å². The predicted molar refractivity (Wildman–Crippen MR) is 72.8 cm³/mol. The molecule has 1 fully saturated rings. The van der Waals surface area contributed by atoms with Crippen LogP contribution >= 0.6 is 23.4 Å². The molecule has 1 aromatic carbocycles. The Balaban J connectivity index is 2.09. The molecule has 0 amide bonds. The van der Waals surface area contributed by atoms with E-state index in [4.69, 9.17) is 16.7 Å². The van der Waals surface area contributed by atoms with Crippen molar-refractivity contribution < 1.29 is 14.8 Å². The van der Waals surface area contributed by atoms with Crippen LogP contribution in [-0.4, -0.2) is 21.8 Å². The number of nitro benzene ring substituents is 1. The molecule has 2 rings (SSSR count). The van der Waals surface area contributed by atoms with Crippen LogP contribution in [0.15, 0.2) is 23.1 Å². The number of nitro groups is 1. The van der Waals surface area contributed by atoms with Crippen LogP contribution in [-0.2, 0) is 4.79 Å². The number of thioether (sulfide) groups is 1. The van der Waals surface area contributed by atoms with E-state index >= 15 is 0 Å². The molecule has 0 atom stereocenters. The number of nitrogens with zero attached hydrogens (tertiary/aromatic N) is 1. The molecule has 1 aliphatic carbocycles. The zero-order valence-corrected chi connectivity index (χ0v) is 11.5. The van der Waals surface area contributed by atoms with Gasteiger partial charge in [-0.15, -0.1) is 11.8 Å². The number of aliphatic carboxylic acids is 1. The van der Waals surface area contributed by atoms with Gasteiger partial charge in [-0.2, -0.15) is 0 Å². The van der Waals surface area contributed by atoms with Gasteiger partial charge in [0.05, 0.1) is 16.2 Å². The number of halogens is 1. The zero-order valence-electron chi connectivity index (χ0n) is 9.97. The summed E-state index contributed by atoms with van der Waals surface area (Å²) in [6.45, 7) is 0. The Morgan fingerprint density at radius 2 is 2.21 bits per heavy atom. The average molecular weight is 302 g/mol. The summed E-state index contributed by atoms with van der Waals surface area (Å²) in [5.74, 6) is -0.251. The summed E-state index contributed by atoms with van der Waals surface area (Å²) in [5.41, 5.74) is -0.187. The second-order valence-electron chi connectivity index (χ2n) is 4.73. The first-order valence-corrected chi connectivity index (χ1v) is 7.07. The Hall–Kier alpha value is -1.27. The highest BCUT2D eigenvalue weighted by atomic mass is 35.5. The van der Waals surface area contributed by atoms with Crippen molar-refractivity contribution in [3.63, 3.8) is 0 Å². The first-order chi connectivity index (χ1) is 8.92. The number of benzene rings is 1. The summed E-state index contributed by atoms with van der Waals surface area (Å²) in [6.07, 6.45) is 1.84. The lowest BCUT2D eigenvalue weighted by Gasteiger charge is -2.11. The van der Waals surface area contributed by atoms with Crippen molar-refractivity contribution in [2.45, 2.75) is 24.2 Å². The molecule has 0 radical (unpaired) electrons. The van der Waals surface area contributed by atoms with Crippen LogP contribution in [0.2, 0.25) is 5.02 Å². The van der Waals surface area contributed by atoms with E-state index in [2.05, 4.69) is 0 Å². The molecule has 19 heavy (non-hydrogen) atoms. The third-order valence-electron chi connectivity index (χ3n) is 3.14. The van der Waals surface area contributed by atoms with Gasteiger partial charge in [0.1, 0.15) is 0 Å². The van der Waals surface area contributed by atoms with E-state index in [9.17, 15) is 14.9 Å². The van der Waals surface area contributed by atoms with Gasteiger partial charge in [-0.3, -0.25) is 14.9 Å². The summed E-state index contributed by atoms with van der Waals surface area (Å²) in [7, 11) is 0. The molecule has 0 saturated heterocycles. The summed E-state index contributed by atoms with van der Waals surface area (Å²) < 4.78 is 0. The van der Waals surface area contributed by atoms with Gasteiger partial charge in [-0.25, -0.2) is 0 Å². The van der Waals surface area contributed by atoms with Gasteiger partial charge < -0.3 is 5.11 Å². The van der Waals surface area contributed by atoms with E-state index in [1.54, 1.807) is 6.07 Å². The summed E-state index contributed by atoms with van der Waals surface area (Å²) in [4.78, 5) is 21.7. The lowest BCUT2D eigenvalue weighted by atomic mass is 10.1. The van der Waals surface area contributed by atoms with Crippen LogP contribution in [0.25, 0.3) is 0 Å². The third-order valence-corrected chi connectivity index (χ3v) is 4.77. The molecule has 102 valence electrons. The second-order valence-corrected chi connectivity index (χ2v) is 6.18. The number of hydrogen-bond acceptors (Lipinski definition) is 4. The molecule has 1 saturated carbocycles. The largest absolute Gasteiger partial charge is 0.481 e. The number of hydrogen-bond donors (Lipinski definition) is 1. The lowest BCUT2D eigenvalue weighted by molar-refractivity contribution is -0.387. The summed E-state index contributed by atoms with van der Waals surface area (Å²) >= 11 is 7.15. The molecule has 0 spiro atoms. The van der Waals surface area contributed by atoms with Crippen LogP contribution in [0.4, 0.5) is 5.69 Å². The first kappa shape index (κ1) is 14.1. The number of carboxylic acid groups (broad SMARTS) is 1. The number of rotatable bonds is 6. The maximum atomic E-state index is 10.9. The zero-order chi connectivity index (χ0) is 14.0. The van der Waals surface area contributed by atoms with E-state index in [0.29, 0.717) is 15.7 Å². The molecule has 0 aliphatic heterocycles. The van der Waals surface area contributed by atoms with Crippen molar-refractivity contribution in [2.24, 2.45) is 5.41 Å². The molecule has 0 aromatic heterocycles. The van der Waals surface area contributed by atoms with E-state index in [-0.39, 0.29) is 17.5 Å². The molecule has 0 unspecified atom stereocenters. The first-order valence-electron chi connectivity index (χ1n) is 5.70. The minimum absolute atomic E-state index is 0.0144. The Labute approximate surface area is 119 Å². The average Bonchev–Trinajstić information content (AvgIpc) is 3.05. The van der Waals surface area contributed by atoms with Crippen molar-refractivity contribution in [3.05, 3.63) is 33.3 Å². The van der Waals surface area contributed by atoms with Gasteiger partial charge in [0.15, 0.2) is 0 Å². The third kappa shape index (κ3) is 3.61. The highest BCUT2D eigenvalue weighted by molar-refractivity contribution is 7.99. The fourth-order valence-corrected chi connectivity index (χ4v) is 3.44. The van der Waals surface area contributed by atoms with Crippen LogP contribution in [0.1, 0.15) is 19.3 Å². The molecule has 1 aromatic rings. The fraction of sp³-hybridized carbons (Fsp3) is 0.417. The molecule has 1 aliphatic rings. The van der Waals surface area contributed by atoms with Crippen LogP contribution < -0.4 is 0 Å². The van der Waals surface area contributed by atoms with Crippen LogP contribution in [0.3, 0.4) is 0 Å². The van der Waals surface area contributed by atoms with Gasteiger partial charge in [0.2, 0.25) is 0 Å². The molecule has 0 heterocycles. The molecule has 7 heteroatoms. The molecule has 5 nitrogen and oxygen atoms in total. The fourth-order valence-electron chi connectivity index (χ4n) is 1.85. The summed E-state index contributed by atoms with van der Waals surface area (Å²) in [6, 6.07) is 4.41. The topological polar surface area (TPSA) is 80.4 Å². The second kappa shape index (κ2) is 5.38. The highest BCUT2D eigenvalue weighted by Gasteiger charge is 2.44. The Morgan fingerprint density at radius 3 is 2.74 bits per heavy atom. The molecule has 0 bridgehead atoms. The van der Waals surface area contributed by atoms with Gasteiger partial charge >= 0.3 is 5.97 Å². The molecular formula is C12H12ClNO4S. The number of carbonyl (C=O) groups is 1. The van der Waals surface area contributed by atoms with Gasteiger partial charge in [0, 0.05) is 16.8 Å². The predicted octanol–water partition coefficient (Wildman–Crippen LogP) is 3.60. The molecular weight excluding hydrogens is 290 g/mol. The van der Waals surface area contributed by atoms with E-state index in [0.717, 1.165) is 12.8 Å². The summed E-state index contributed by atoms with van der Waals surface area (Å²) in [5, 5.41) is 20.2. The standard InChI is InChI=1S/C12H12ClNO4S/c13-8-1-2-9(14(17)18)10(5-8)19-7-12(3-4-12)6-11(15)16/h1-2,5H,3-4,6-7H2,(H,15,16). The monoisotopic (exact) mass is 301 g/mol. The maximum absolute atomic E-state index is 10.9. The van der Waals surface area contributed by atoms with Crippen molar-refractivity contribution in [3.8, 4) is 0 Å². The normalized spacial score (nSPS) is 16.1. The van der Waals surface area contributed by atoms with E-state index < -0.39 is 10.9 Å². The quantitative estimate of drug-likeness (QED) is 0.493. The van der Waals surface area contributed by atoms with Gasteiger partial charge in [0.25, 0.3) is 5.69 Å². The van der Waals surface area contributed by atoms with Crippen molar-refractivity contribution >= 4 is 35.0 Å². The van der Waals surface area contributed by atoms with Crippen molar-refractivity contribution in [2.75, 3.05) is 5.75 Å². The van der Waals surface area contributed by atoms with Crippen LogP contribution in [0, 0.1) is 15.5 Å². The van der Waals surface area contributed by atoms with Crippen LogP contribution in [0.5, 0.6) is 0 Å². The smallest absolute Gasteiger partial charge is 0.303 e. The maximum Gasteiger partial charge on any atom is 0.303 e. The Bertz CT molecular complexity index is 530. The Morgan fingerprint density at radius 1 is 1.53 bits per heavy atom. The van der Waals surface area contributed by atoms with E-state index in [1.165, 1.54) is 23.9 Å². The molecule has 1 N–H and O–H groups in total. The SMILES string of the molecule is O=C(O)CC1(CSc2cc(Cl)ccc2[N+](=O)[O-])CC1. The Kier molecular flexibility index (Phi) is 4.01.